The standard InChI is InChI=1S/C15H21N2.BF3.FH/c1-4-13(2)15-7-5-14(6-8-15)11-17-10-9-16(3)12-17;2-1(3)4;/h5-10,12-13H,4,11H2,1-3H3;;1H/q+1;;/p-1. The van der Waals surface area contributed by atoms with Crippen LogP contribution in [-0.2, 0) is 13.6 Å². The van der Waals surface area contributed by atoms with E-state index in [1.807, 2.05) is 7.05 Å². The Morgan fingerprint density at radius 1 is 1.18 bits per heavy atom. The van der Waals surface area contributed by atoms with Crippen LogP contribution in [0.25, 0.3) is 0 Å². The molecule has 0 spiro atoms. The van der Waals surface area contributed by atoms with Crippen molar-refractivity contribution in [3.8, 4) is 0 Å². The van der Waals surface area contributed by atoms with Gasteiger partial charge in [-0.25, -0.2) is 9.13 Å². The van der Waals surface area contributed by atoms with Crippen molar-refractivity contribution in [3.05, 3.63) is 54.1 Å². The third-order valence-electron chi connectivity index (χ3n) is 3.35. The minimum atomic E-state index is -3.67. The molecule has 7 heteroatoms. The molecule has 1 aromatic carbocycles. The van der Waals surface area contributed by atoms with Crippen molar-refractivity contribution < 1.29 is 22.2 Å². The molecular formula is C15H21BF4N2. The summed E-state index contributed by atoms with van der Waals surface area (Å²) in [5.74, 6) is 0.661. The van der Waals surface area contributed by atoms with Crippen LogP contribution < -0.4 is 9.27 Å². The van der Waals surface area contributed by atoms with Crippen LogP contribution in [-0.4, -0.2) is 12.1 Å². The van der Waals surface area contributed by atoms with Gasteiger partial charge in [-0.2, -0.15) is 0 Å². The topological polar surface area (TPSA) is 8.81 Å². The summed E-state index contributed by atoms with van der Waals surface area (Å²) >= 11 is 0. The Bertz CT molecular complexity index is 526. The summed E-state index contributed by atoms with van der Waals surface area (Å²) in [5.41, 5.74) is 2.79. The van der Waals surface area contributed by atoms with E-state index in [-0.39, 0.29) is 4.70 Å². The zero-order chi connectivity index (χ0) is 15.8. The van der Waals surface area contributed by atoms with Gasteiger partial charge in [0, 0.05) is 0 Å². The van der Waals surface area contributed by atoms with Crippen molar-refractivity contribution in [1.29, 1.82) is 0 Å². The molecule has 0 saturated heterocycles. The number of nitrogens with zero attached hydrogens (tertiary/aromatic N) is 2. The number of benzene rings is 1. The van der Waals surface area contributed by atoms with Crippen LogP contribution in [0.4, 0.5) is 12.9 Å². The summed E-state index contributed by atoms with van der Waals surface area (Å²) in [5, 5.41) is 0. The first kappa shape index (κ1) is 20.2. The third kappa shape index (κ3) is 7.29. The van der Waals surface area contributed by atoms with Gasteiger partial charge in [-0.05, 0) is 23.5 Å². The highest BCUT2D eigenvalue weighted by molar-refractivity contribution is 6.33. The smallest absolute Gasteiger partial charge is 0.762 e. The molecule has 0 N–H and O–H groups in total. The number of aromatic nitrogens is 2. The first-order valence-corrected chi connectivity index (χ1v) is 6.94. The first-order valence-electron chi connectivity index (χ1n) is 6.94. The maximum absolute atomic E-state index is 9.67. The van der Waals surface area contributed by atoms with Crippen molar-refractivity contribution in [2.45, 2.75) is 32.7 Å². The Morgan fingerprint density at radius 2 is 1.73 bits per heavy atom. The zero-order valence-corrected chi connectivity index (χ0v) is 13.0. The molecule has 1 atom stereocenters. The number of halogens is 4. The Hall–Kier alpha value is -1.79. The third-order valence-corrected chi connectivity index (χ3v) is 3.35. The summed E-state index contributed by atoms with van der Waals surface area (Å²) in [6.07, 6.45) is 7.46. The highest BCUT2D eigenvalue weighted by Crippen LogP contribution is 2.18. The quantitative estimate of drug-likeness (QED) is 0.447. The molecule has 0 aliphatic rings. The Morgan fingerprint density at radius 3 is 2.14 bits per heavy atom. The van der Waals surface area contributed by atoms with E-state index in [0.717, 1.165) is 6.54 Å². The van der Waals surface area contributed by atoms with Crippen LogP contribution in [0.2, 0.25) is 0 Å². The minimum absolute atomic E-state index is 0. The van der Waals surface area contributed by atoms with Gasteiger partial charge in [-0.15, -0.1) is 0 Å². The fourth-order valence-corrected chi connectivity index (χ4v) is 1.99. The van der Waals surface area contributed by atoms with Gasteiger partial charge in [-0.1, -0.05) is 38.1 Å². The van der Waals surface area contributed by atoms with Gasteiger partial charge in [0.05, 0.1) is 7.05 Å². The molecule has 0 aliphatic heterocycles. The summed E-state index contributed by atoms with van der Waals surface area (Å²) in [4.78, 5) is 0. The number of hydrogen-bond acceptors (Lipinski definition) is 0. The van der Waals surface area contributed by atoms with E-state index in [2.05, 4.69) is 66.0 Å². The fraction of sp³-hybridized carbons (Fsp3) is 0.400. The molecule has 1 heterocycles. The highest BCUT2D eigenvalue weighted by atomic mass is 19.4. The molecule has 0 aliphatic carbocycles. The van der Waals surface area contributed by atoms with Gasteiger partial charge in [0.2, 0.25) is 6.33 Å². The molecule has 0 radical (unpaired) electrons. The molecule has 0 saturated carbocycles. The number of aryl methyl sites for hydroxylation is 1. The highest BCUT2D eigenvalue weighted by Gasteiger charge is 2.06. The first-order chi connectivity index (χ1) is 9.92. The zero-order valence-electron chi connectivity index (χ0n) is 13.0. The monoisotopic (exact) mass is 316 g/mol. The van der Waals surface area contributed by atoms with Gasteiger partial charge in [0.15, 0.2) is 0 Å². The van der Waals surface area contributed by atoms with Crippen LogP contribution in [0, 0.1) is 0 Å². The predicted molar refractivity (Wildman–Crippen MR) is 78.9 cm³/mol. The molecular weight excluding hydrogens is 295 g/mol. The van der Waals surface area contributed by atoms with Crippen molar-refractivity contribution >= 4 is 7.54 Å². The van der Waals surface area contributed by atoms with Gasteiger partial charge < -0.3 is 4.70 Å². The van der Waals surface area contributed by atoms with E-state index < -0.39 is 7.54 Å². The number of imidazole rings is 1. The molecule has 2 aromatic rings. The lowest BCUT2D eigenvalue weighted by Gasteiger charge is -2.09. The lowest BCUT2D eigenvalue weighted by atomic mass is 9.98. The van der Waals surface area contributed by atoms with E-state index in [1.165, 1.54) is 17.5 Å². The predicted octanol–water partition coefficient (Wildman–Crippen LogP) is 0.758. The van der Waals surface area contributed by atoms with Crippen molar-refractivity contribution in [2.24, 2.45) is 7.05 Å². The van der Waals surface area contributed by atoms with Gasteiger partial charge >= 0.3 is 7.54 Å². The van der Waals surface area contributed by atoms with Crippen LogP contribution in [0.15, 0.2) is 43.0 Å². The average Bonchev–Trinajstić information content (AvgIpc) is 2.83. The molecule has 1 aromatic heterocycles. The van der Waals surface area contributed by atoms with Crippen LogP contribution in [0.5, 0.6) is 0 Å². The second kappa shape index (κ2) is 10.0. The van der Waals surface area contributed by atoms with E-state index in [1.54, 1.807) is 0 Å². The maximum atomic E-state index is 9.67. The largest absolute Gasteiger partial charge is 1.00 e. The summed E-state index contributed by atoms with van der Waals surface area (Å²) in [7, 11) is -1.62. The van der Waals surface area contributed by atoms with Gasteiger partial charge in [0.25, 0.3) is 0 Å². The molecule has 2 nitrogen and oxygen atoms in total. The minimum Gasteiger partial charge on any atom is -1.00 e. The molecule has 22 heavy (non-hydrogen) atoms. The second-order valence-corrected chi connectivity index (χ2v) is 5.05. The van der Waals surface area contributed by atoms with Gasteiger partial charge in [0.1, 0.15) is 18.9 Å². The summed E-state index contributed by atoms with van der Waals surface area (Å²) in [6, 6.07) is 8.99. The molecule has 2 rings (SSSR count). The fourth-order valence-electron chi connectivity index (χ4n) is 1.99. The molecule has 0 bridgehead atoms. The van der Waals surface area contributed by atoms with E-state index in [9.17, 15) is 12.9 Å². The van der Waals surface area contributed by atoms with Crippen molar-refractivity contribution in [1.82, 2.24) is 4.57 Å². The molecule has 0 fully saturated rings. The molecule has 0 amide bonds. The van der Waals surface area contributed by atoms with Crippen molar-refractivity contribution in [3.63, 3.8) is 0 Å². The Labute approximate surface area is 129 Å². The number of rotatable bonds is 4. The average molecular weight is 316 g/mol. The Balaban J connectivity index is 0.000000791. The molecule has 122 valence electrons. The van der Waals surface area contributed by atoms with Crippen molar-refractivity contribution in [2.75, 3.05) is 0 Å². The van der Waals surface area contributed by atoms with Crippen LogP contribution >= 0.6 is 0 Å². The lowest BCUT2D eigenvalue weighted by molar-refractivity contribution is -0.671. The van der Waals surface area contributed by atoms with Crippen LogP contribution in [0.1, 0.15) is 37.3 Å². The van der Waals surface area contributed by atoms with Gasteiger partial charge in [-0.3, -0.25) is 12.9 Å². The summed E-state index contributed by atoms with van der Waals surface area (Å²) in [6.45, 7) is 5.46. The Kier molecular flexibility index (Phi) is 9.21. The van der Waals surface area contributed by atoms with Crippen LogP contribution in [0.3, 0.4) is 0 Å². The number of hydrogen-bond donors (Lipinski definition) is 0. The van der Waals surface area contributed by atoms with E-state index >= 15 is 0 Å². The normalized spacial score (nSPS) is 11.0. The summed E-state index contributed by atoms with van der Waals surface area (Å²) < 4.78 is 33.3. The second-order valence-electron chi connectivity index (χ2n) is 5.05. The van der Waals surface area contributed by atoms with E-state index in [0.29, 0.717) is 5.92 Å². The molecule has 1 unspecified atom stereocenters. The SMILES string of the molecule is CCC(C)c1ccc(Cn2cc[n+](C)c2)cc1.FB(F)F.[F-]. The van der Waals surface area contributed by atoms with E-state index in [4.69, 9.17) is 0 Å². The lowest BCUT2D eigenvalue weighted by Crippen LogP contribution is -3.00. The maximum Gasteiger partial charge on any atom is 0.762 e.